The molecule has 33 heavy (non-hydrogen) atoms. The molecule has 3 aromatic rings. The second kappa shape index (κ2) is 8.38. The maximum atomic E-state index is 13.0. The summed E-state index contributed by atoms with van der Waals surface area (Å²) in [5.74, 6) is 1.42. The van der Waals surface area contributed by atoms with E-state index in [9.17, 15) is 16.8 Å². The van der Waals surface area contributed by atoms with Crippen molar-refractivity contribution in [1.29, 1.82) is 0 Å². The highest BCUT2D eigenvalue weighted by atomic mass is 32.2. The average molecular weight is 491 g/mol. The minimum Gasteiger partial charge on any atom is -0.497 e. The molecule has 0 saturated heterocycles. The third kappa shape index (κ3) is 4.83. The molecule has 176 valence electrons. The average Bonchev–Trinajstić information content (AvgIpc) is 3.09. The number of nitrogens with one attached hydrogen (secondary N) is 2. The molecule has 9 nitrogen and oxygen atoms in total. The van der Waals surface area contributed by atoms with Gasteiger partial charge >= 0.3 is 0 Å². The van der Waals surface area contributed by atoms with Gasteiger partial charge in [-0.1, -0.05) is 13.8 Å². The summed E-state index contributed by atoms with van der Waals surface area (Å²) in [6.07, 6.45) is 3.86. The fraction of sp³-hybridized carbons (Fsp3) is 0.318. The molecule has 1 aliphatic rings. The molecule has 1 aliphatic heterocycles. The summed E-state index contributed by atoms with van der Waals surface area (Å²) >= 11 is 0. The lowest BCUT2D eigenvalue weighted by atomic mass is 10.1. The molecule has 2 heterocycles. The first-order valence-corrected chi connectivity index (χ1v) is 13.7. The van der Waals surface area contributed by atoms with E-state index < -0.39 is 20.0 Å². The number of hydrogen-bond acceptors (Lipinski definition) is 6. The third-order valence-electron chi connectivity index (χ3n) is 5.32. The van der Waals surface area contributed by atoms with Crippen LogP contribution >= 0.6 is 0 Å². The zero-order chi connectivity index (χ0) is 24.0. The zero-order valence-corrected chi connectivity index (χ0v) is 20.4. The number of nitrogens with zero attached hydrogens (tertiary/aromatic N) is 2. The summed E-state index contributed by atoms with van der Waals surface area (Å²) in [5, 5.41) is 3.95. The van der Waals surface area contributed by atoms with Crippen molar-refractivity contribution in [3.8, 4) is 5.75 Å². The van der Waals surface area contributed by atoms with Crippen molar-refractivity contribution in [3.05, 3.63) is 48.2 Å². The summed E-state index contributed by atoms with van der Waals surface area (Å²) in [7, 11) is -6.00. The van der Waals surface area contributed by atoms with Crippen LogP contribution < -0.4 is 14.8 Å². The molecular weight excluding hydrogens is 464 g/mol. The lowest BCUT2D eigenvalue weighted by Gasteiger charge is -2.19. The maximum absolute atomic E-state index is 13.0. The van der Waals surface area contributed by atoms with Crippen molar-refractivity contribution < 1.29 is 21.6 Å². The topological polar surface area (TPSA) is 119 Å². The van der Waals surface area contributed by atoms with Crippen molar-refractivity contribution >= 4 is 48.2 Å². The Hall–Kier alpha value is -3.05. The molecule has 1 aromatic heterocycles. The van der Waals surface area contributed by atoms with Crippen molar-refractivity contribution in [2.45, 2.75) is 31.7 Å². The van der Waals surface area contributed by atoms with Gasteiger partial charge < -0.3 is 14.6 Å². The van der Waals surface area contributed by atoms with Gasteiger partial charge in [-0.3, -0.25) is 4.72 Å². The fourth-order valence-corrected chi connectivity index (χ4v) is 5.43. The van der Waals surface area contributed by atoms with Crippen molar-refractivity contribution in [2.24, 2.45) is 10.3 Å². The molecular formula is C22H26N4O5S2. The molecule has 0 spiro atoms. The summed E-state index contributed by atoms with van der Waals surface area (Å²) in [4.78, 5) is -0.0925. The third-order valence-corrected chi connectivity index (χ3v) is 7.24. The van der Waals surface area contributed by atoms with E-state index in [0.717, 1.165) is 30.1 Å². The van der Waals surface area contributed by atoms with Crippen LogP contribution in [0.15, 0.2) is 51.9 Å². The Bertz CT molecular complexity index is 1470. The standard InChI is InChI=1S/C22H26N4O5S2/c1-14(2)9-10-26-13-18(17-7-6-16(31-3)12-20(17)26)22-23-19-8-5-15(24-32(4,27)28)11-21(19)33(29,30)25-22/h5-8,11-14,24H,9-10H2,1-4H3,(H,23,25). The van der Waals surface area contributed by atoms with Crippen LogP contribution in [0.2, 0.25) is 0 Å². The predicted octanol–water partition coefficient (Wildman–Crippen LogP) is 3.63. The smallest absolute Gasteiger partial charge is 0.286 e. The summed E-state index contributed by atoms with van der Waals surface area (Å²) in [5.41, 5.74) is 2.06. The Morgan fingerprint density at radius 2 is 1.94 bits per heavy atom. The molecule has 0 aliphatic carbocycles. The first-order chi connectivity index (χ1) is 15.5. The van der Waals surface area contributed by atoms with E-state index in [1.165, 1.54) is 18.2 Å². The van der Waals surface area contributed by atoms with Gasteiger partial charge in [-0.25, -0.2) is 8.42 Å². The van der Waals surface area contributed by atoms with Gasteiger partial charge in [0, 0.05) is 35.4 Å². The Morgan fingerprint density at radius 3 is 2.61 bits per heavy atom. The molecule has 0 amide bonds. The Morgan fingerprint density at radius 1 is 1.18 bits per heavy atom. The van der Waals surface area contributed by atoms with E-state index in [0.29, 0.717) is 22.9 Å². The van der Waals surface area contributed by atoms with Gasteiger partial charge in [-0.2, -0.15) is 8.42 Å². The molecule has 0 atom stereocenters. The fourth-order valence-electron chi connectivity index (χ4n) is 3.72. The first-order valence-electron chi connectivity index (χ1n) is 10.4. The second-order valence-electron chi connectivity index (χ2n) is 8.43. The lowest BCUT2D eigenvalue weighted by molar-refractivity contribution is 0.415. The zero-order valence-electron chi connectivity index (χ0n) is 18.8. The molecule has 0 bridgehead atoms. The molecule has 0 radical (unpaired) electrons. The van der Waals surface area contributed by atoms with E-state index in [2.05, 4.69) is 32.9 Å². The van der Waals surface area contributed by atoms with Crippen molar-refractivity contribution in [3.63, 3.8) is 0 Å². The molecule has 4 rings (SSSR count). The van der Waals surface area contributed by atoms with Crippen LogP contribution in [0.1, 0.15) is 25.8 Å². The van der Waals surface area contributed by atoms with Crippen LogP contribution in [0.5, 0.6) is 5.75 Å². The SMILES string of the molecule is COc1ccc2c(C3=NS(=O)(=O)c4cc(NS(C)(=O)=O)ccc4N3)cn(CCC(C)C)c2c1. The van der Waals surface area contributed by atoms with E-state index in [4.69, 9.17) is 4.74 Å². The summed E-state index contributed by atoms with van der Waals surface area (Å²) < 4.78 is 62.8. The van der Waals surface area contributed by atoms with Gasteiger partial charge in [0.25, 0.3) is 10.0 Å². The highest BCUT2D eigenvalue weighted by Crippen LogP contribution is 2.34. The highest BCUT2D eigenvalue weighted by Gasteiger charge is 2.28. The summed E-state index contributed by atoms with van der Waals surface area (Å²) in [6.45, 7) is 5.06. The van der Waals surface area contributed by atoms with E-state index in [-0.39, 0.29) is 16.4 Å². The number of aryl methyl sites for hydroxylation is 1. The van der Waals surface area contributed by atoms with Gasteiger partial charge in [0.1, 0.15) is 10.6 Å². The van der Waals surface area contributed by atoms with E-state index >= 15 is 0 Å². The largest absolute Gasteiger partial charge is 0.497 e. The summed E-state index contributed by atoms with van der Waals surface area (Å²) in [6, 6.07) is 9.93. The molecule has 0 fully saturated rings. The van der Waals surface area contributed by atoms with Crippen molar-refractivity contribution in [1.82, 2.24) is 4.57 Å². The minimum absolute atomic E-state index is 0.0925. The van der Waals surface area contributed by atoms with Gasteiger partial charge in [0.05, 0.1) is 24.6 Å². The molecule has 2 N–H and O–H groups in total. The lowest BCUT2D eigenvalue weighted by Crippen LogP contribution is -2.22. The Kier molecular flexibility index (Phi) is 5.87. The monoisotopic (exact) mass is 490 g/mol. The number of anilines is 2. The van der Waals surface area contributed by atoms with Gasteiger partial charge in [-0.05, 0) is 42.7 Å². The van der Waals surface area contributed by atoms with Crippen LogP contribution in [0, 0.1) is 5.92 Å². The molecule has 0 saturated carbocycles. The van der Waals surface area contributed by atoms with E-state index in [1.54, 1.807) is 7.11 Å². The Balaban J connectivity index is 1.80. The predicted molar refractivity (Wildman–Crippen MR) is 130 cm³/mol. The van der Waals surface area contributed by atoms with Crippen LogP contribution in [0.3, 0.4) is 0 Å². The normalized spacial score (nSPS) is 15.1. The number of rotatable bonds is 7. The number of amidine groups is 1. The van der Waals surface area contributed by atoms with Crippen LogP contribution in [0.4, 0.5) is 11.4 Å². The van der Waals surface area contributed by atoms with Crippen LogP contribution in [-0.2, 0) is 26.6 Å². The van der Waals surface area contributed by atoms with Crippen molar-refractivity contribution in [2.75, 3.05) is 23.4 Å². The number of hydrogen-bond donors (Lipinski definition) is 2. The van der Waals surface area contributed by atoms with Gasteiger partial charge in [0.2, 0.25) is 10.0 Å². The quantitative estimate of drug-likeness (QED) is 0.522. The molecule has 0 unspecified atom stereocenters. The number of methoxy groups -OCH3 is 1. The van der Waals surface area contributed by atoms with Gasteiger partial charge in [-0.15, -0.1) is 4.40 Å². The van der Waals surface area contributed by atoms with E-state index in [1.807, 2.05) is 24.4 Å². The minimum atomic E-state index is -4.06. The first kappa shape index (κ1) is 23.1. The Labute approximate surface area is 193 Å². The second-order valence-corrected chi connectivity index (χ2v) is 11.7. The van der Waals surface area contributed by atoms with Crippen LogP contribution in [0.25, 0.3) is 10.9 Å². The number of aromatic nitrogens is 1. The number of benzene rings is 2. The number of sulfonamides is 2. The van der Waals surface area contributed by atoms with Crippen LogP contribution in [-0.4, -0.2) is 40.6 Å². The molecule has 2 aromatic carbocycles. The number of ether oxygens (including phenoxy) is 1. The maximum Gasteiger partial charge on any atom is 0.286 e. The molecule has 11 heteroatoms. The highest BCUT2D eigenvalue weighted by molar-refractivity contribution is 7.92. The van der Waals surface area contributed by atoms with Gasteiger partial charge in [0.15, 0.2) is 5.84 Å². The number of fused-ring (bicyclic) bond motifs is 2.